The van der Waals surface area contributed by atoms with E-state index in [1.54, 1.807) is 6.92 Å². The van der Waals surface area contributed by atoms with Gasteiger partial charge in [0.05, 0.1) is 0 Å². The Hall–Kier alpha value is -3.35. The van der Waals surface area contributed by atoms with Gasteiger partial charge in [0.25, 0.3) is 0 Å². The summed E-state index contributed by atoms with van der Waals surface area (Å²) in [6, 6.07) is 16.5. The smallest absolute Gasteiger partial charge is 0.407 e. The SMILES string of the molecule is CC(NC(=O)CC1CC(CNC(=O)OCC2c3ccccc3-c3ccccc32)C1)(C(=O)O)C1CC1. The van der Waals surface area contributed by atoms with Gasteiger partial charge in [-0.25, -0.2) is 9.59 Å². The van der Waals surface area contributed by atoms with Gasteiger partial charge < -0.3 is 20.5 Å². The van der Waals surface area contributed by atoms with Crippen molar-refractivity contribution >= 4 is 18.0 Å². The third-order valence-electron chi connectivity index (χ3n) is 7.92. The number of hydrogen-bond acceptors (Lipinski definition) is 4. The third kappa shape index (κ3) is 4.77. The van der Waals surface area contributed by atoms with Crippen LogP contribution in [0.5, 0.6) is 0 Å². The molecule has 1 atom stereocenters. The van der Waals surface area contributed by atoms with Gasteiger partial charge in [-0.3, -0.25) is 4.79 Å². The number of carbonyl (C=O) groups excluding carboxylic acids is 2. The number of alkyl carbamates (subject to hydrolysis) is 1. The Kier molecular flexibility index (Phi) is 6.26. The standard InChI is InChI=1S/C28H32N2O5/c1-28(26(32)33,19-10-11-19)30-25(31)14-17-12-18(13-17)15-29-27(34)35-16-24-22-8-4-2-6-20(22)21-7-3-5-9-23(21)24/h2-9,17-19,24H,10-16H2,1H3,(H,29,34)(H,30,31)(H,32,33). The highest BCUT2D eigenvalue weighted by Crippen LogP contribution is 2.44. The van der Waals surface area contributed by atoms with Crippen LogP contribution in [-0.2, 0) is 14.3 Å². The summed E-state index contributed by atoms with van der Waals surface area (Å²) in [5.41, 5.74) is 3.60. The van der Waals surface area contributed by atoms with Crippen molar-refractivity contribution in [2.24, 2.45) is 17.8 Å². The number of fused-ring (bicyclic) bond motifs is 3. The van der Waals surface area contributed by atoms with Crippen molar-refractivity contribution in [2.45, 2.75) is 50.5 Å². The second-order valence-corrected chi connectivity index (χ2v) is 10.4. The van der Waals surface area contributed by atoms with Gasteiger partial charge in [0.1, 0.15) is 12.1 Å². The molecule has 0 bridgehead atoms. The number of carbonyl (C=O) groups is 3. The number of aliphatic carboxylic acids is 1. The van der Waals surface area contributed by atoms with Crippen LogP contribution in [0.2, 0.25) is 0 Å². The molecule has 0 heterocycles. The molecule has 0 aromatic heterocycles. The average molecular weight is 477 g/mol. The second kappa shape index (κ2) is 9.36. The molecule has 35 heavy (non-hydrogen) atoms. The Morgan fingerprint density at radius 2 is 1.57 bits per heavy atom. The predicted molar refractivity (Wildman–Crippen MR) is 131 cm³/mol. The molecule has 7 heteroatoms. The zero-order valence-electron chi connectivity index (χ0n) is 20.0. The Labute approximate surface area is 205 Å². The van der Waals surface area contributed by atoms with Crippen LogP contribution < -0.4 is 10.6 Å². The molecule has 3 aliphatic rings. The number of amides is 2. The van der Waals surface area contributed by atoms with Gasteiger partial charge in [-0.05, 0) is 72.6 Å². The van der Waals surface area contributed by atoms with Gasteiger partial charge in [-0.2, -0.15) is 0 Å². The van der Waals surface area contributed by atoms with Crippen LogP contribution in [0.3, 0.4) is 0 Å². The van der Waals surface area contributed by atoms with E-state index in [4.69, 9.17) is 4.74 Å². The van der Waals surface area contributed by atoms with E-state index >= 15 is 0 Å². The Bertz CT molecular complexity index is 1090. The van der Waals surface area contributed by atoms with Crippen LogP contribution in [0.25, 0.3) is 11.1 Å². The molecule has 7 nitrogen and oxygen atoms in total. The number of carboxylic acids is 1. The van der Waals surface area contributed by atoms with Crippen LogP contribution in [0.4, 0.5) is 4.79 Å². The minimum Gasteiger partial charge on any atom is -0.480 e. The van der Waals surface area contributed by atoms with Crippen molar-refractivity contribution in [3.05, 3.63) is 59.7 Å². The summed E-state index contributed by atoms with van der Waals surface area (Å²) < 4.78 is 5.59. The fraction of sp³-hybridized carbons (Fsp3) is 0.464. The second-order valence-electron chi connectivity index (χ2n) is 10.4. The molecule has 184 valence electrons. The topological polar surface area (TPSA) is 105 Å². The lowest BCUT2D eigenvalue weighted by atomic mass is 9.73. The first kappa shape index (κ1) is 23.4. The first-order valence-electron chi connectivity index (χ1n) is 12.5. The first-order chi connectivity index (χ1) is 16.8. The molecule has 1 unspecified atom stereocenters. The number of ether oxygens (including phenoxy) is 1. The number of benzene rings is 2. The molecule has 2 aromatic carbocycles. The molecular weight excluding hydrogens is 444 g/mol. The van der Waals surface area contributed by atoms with Crippen molar-refractivity contribution in [3.63, 3.8) is 0 Å². The zero-order chi connectivity index (χ0) is 24.6. The molecule has 3 aliphatic carbocycles. The summed E-state index contributed by atoms with van der Waals surface area (Å²) in [7, 11) is 0. The zero-order valence-corrected chi connectivity index (χ0v) is 20.0. The molecule has 3 N–H and O–H groups in total. The predicted octanol–water partition coefficient (Wildman–Crippen LogP) is 4.31. The van der Waals surface area contributed by atoms with Gasteiger partial charge in [-0.1, -0.05) is 48.5 Å². The highest BCUT2D eigenvalue weighted by atomic mass is 16.5. The molecule has 2 aromatic rings. The van der Waals surface area contributed by atoms with Gasteiger partial charge in [-0.15, -0.1) is 0 Å². The summed E-state index contributed by atoms with van der Waals surface area (Å²) >= 11 is 0. The van der Waals surface area contributed by atoms with E-state index in [-0.39, 0.29) is 30.3 Å². The number of carboxylic acid groups (broad SMARTS) is 1. The number of nitrogens with one attached hydrogen (secondary N) is 2. The van der Waals surface area contributed by atoms with Crippen molar-refractivity contribution < 1.29 is 24.2 Å². The van der Waals surface area contributed by atoms with E-state index < -0.39 is 17.6 Å². The normalized spacial score (nSPS) is 22.2. The summed E-state index contributed by atoms with van der Waals surface area (Å²) in [5.74, 6) is -0.572. The highest BCUT2D eigenvalue weighted by molar-refractivity contribution is 5.87. The Morgan fingerprint density at radius 1 is 0.971 bits per heavy atom. The molecule has 2 fully saturated rings. The minimum absolute atomic E-state index is 0.0273. The Balaban J connectivity index is 1.04. The van der Waals surface area contributed by atoms with Crippen LogP contribution in [0.1, 0.15) is 56.1 Å². The Morgan fingerprint density at radius 3 is 2.14 bits per heavy atom. The van der Waals surface area contributed by atoms with E-state index in [9.17, 15) is 19.5 Å². The van der Waals surface area contributed by atoms with Gasteiger partial charge >= 0.3 is 12.1 Å². The maximum Gasteiger partial charge on any atom is 0.407 e. The minimum atomic E-state index is -1.16. The molecule has 0 spiro atoms. The van der Waals surface area contributed by atoms with Gasteiger partial charge in [0.15, 0.2) is 0 Å². The third-order valence-corrected chi connectivity index (χ3v) is 7.92. The van der Waals surface area contributed by atoms with Crippen molar-refractivity contribution in [3.8, 4) is 11.1 Å². The van der Waals surface area contributed by atoms with E-state index in [1.165, 1.54) is 22.3 Å². The van der Waals surface area contributed by atoms with Crippen LogP contribution >= 0.6 is 0 Å². The number of hydrogen-bond donors (Lipinski definition) is 3. The van der Waals surface area contributed by atoms with Crippen LogP contribution in [-0.4, -0.2) is 41.8 Å². The average Bonchev–Trinajstić information content (AvgIpc) is 3.63. The molecular formula is C28H32N2O5. The monoisotopic (exact) mass is 476 g/mol. The molecule has 2 amide bonds. The molecule has 2 saturated carbocycles. The largest absolute Gasteiger partial charge is 0.480 e. The van der Waals surface area contributed by atoms with Crippen molar-refractivity contribution in [2.75, 3.05) is 13.2 Å². The molecule has 5 rings (SSSR count). The maximum absolute atomic E-state index is 12.4. The van der Waals surface area contributed by atoms with Crippen LogP contribution in [0.15, 0.2) is 48.5 Å². The van der Waals surface area contributed by atoms with E-state index in [0.717, 1.165) is 25.7 Å². The lowest BCUT2D eigenvalue weighted by Crippen LogP contribution is -2.54. The highest BCUT2D eigenvalue weighted by Gasteiger charge is 2.48. The van der Waals surface area contributed by atoms with Crippen LogP contribution in [0, 0.1) is 17.8 Å². The van der Waals surface area contributed by atoms with E-state index in [2.05, 4.69) is 34.9 Å². The fourth-order valence-electron chi connectivity index (χ4n) is 5.68. The quantitative estimate of drug-likeness (QED) is 0.500. The molecule has 0 radical (unpaired) electrons. The summed E-state index contributed by atoms with van der Waals surface area (Å²) in [6.07, 6.45) is 3.27. The van der Waals surface area contributed by atoms with Gasteiger partial charge in [0, 0.05) is 18.9 Å². The lowest BCUT2D eigenvalue weighted by molar-refractivity contribution is -0.148. The van der Waals surface area contributed by atoms with Gasteiger partial charge in [0.2, 0.25) is 5.91 Å². The fourth-order valence-corrected chi connectivity index (χ4v) is 5.68. The van der Waals surface area contributed by atoms with E-state index in [0.29, 0.717) is 18.9 Å². The van der Waals surface area contributed by atoms with E-state index in [1.807, 2.05) is 24.3 Å². The van der Waals surface area contributed by atoms with Crippen molar-refractivity contribution in [1.29, 1.82) is 0 Å². The first-order valence-corrected chi connectivity index (χ1v) is 12.5. The lowest BCUT2D eigenvalue weighted by Gasteiger charge is -2.36. The number of rotatable bonds is 9. The van der Waals surface area contributed by atoms with Crippen molar-refractivity contribution in [1.82, 2.24) is 10.6 Å². The summed E-state index contributed by atoms with van der Waals surface area (Å²) in [6.45, 7) is 2.41. The maximum atomic E-state index is 12.4. The molecule has 0 saturated heterocycles. The summed E-state index contributed by atoms with van der Waals surface area (Å²) in [4.78, 5) is 36.4. The summed E-state index contributed by atoms with van der Waals surface area (Å²) in [5, 5.41) is 15.1. The molecule has 0 aliphatic heterocycles.